The molecule has 0 amide bonds. The fourth-order valence-corrected chi connectivity index (χ4v) is 3.15. The van der Waals surface area contributed by atoms with E-state index in [-0.39, 0.29) is 0 Å². The summed E-state index contributed by atoms with van der Waals surface area (Å²) in [6, 6.07) is 9.06. The molecule has 0 bridgehead atoms. The zero-order valence-corrected chi connectivity index (χ0v) is 12.9. The number of nitrogens with zero attached hydrogens (tertiary/aromatic N) is 1. The normalized spacial score (nSPS) is 17.3. The molecule has 1 N–H and O–H groups in total. The van der Waals surface area contributed by atoms with Crippen LogP contribution in [-0.4, -0.2) is 27.2 Å². The van der Waals surface area contributed by atoms with Crippen molar-refractivity contribution >= 4 is 5.69 Å². The van der Waals surface area contributed by atoms with Crippen LogP contribution in [0.15, 0.2) is 24.3 Å². The van der Waals surface area contributed by atoms with Crippen molar-refractivity contribution in [2.75, 3.05) is 32.1 Å². The summed E-state index contributed by atoms with van der Waals surface area (Å²) in [6.45, 7) is 6.79. The fourth-order valence-electron chi connectivity index (χ4n) is 3.15. The van der Waals surface area contributed by atoms with E-state index in [1.54, 1.807) is 0 Å². The van der Waals surface area contributed by atoms with Gasteiger partial charge in [-0.25, -0.2) is 0 Å². The summed E-state index contributed by atoms with van der Waals surface area (Å²) in [5, 5.41) is 3.36. The third kappa shape index (κ3) is 3.30. The molecule has 1 fully saturated rings. The van der Waals surface area contributed by atoms with E-state index < -0.39 is 0 Å². The van der Waals surface area contributed by atoms with Gasteiger partial charge in [-0.05, 0) is 43.5 Å². The van der Waals surface area contributed by atoms with Crippen molar-refractivity contribution in [1.82, 2.24) is 5.32 Å². The van der Waals surface area contributed by atoms with Gasteiger partial charge in [-0.1, -0.05) is 32.4 Å². The average molecular weight is 260 g/mol. The van der Waals surface area contributed by atoms with Gasteiger partial charge in [-0.3, -0.25) is 0 Å². The highest BCUT2D eigenvalue weighted by molar-refractivity contribution is 5.47. The SMILES string of the molecule is CNCC1(CN(C)c2ccc(C(C)C)cc2)CCC1. The second-order valence-corrected chi connectivity index (χ2v) is 6.49. The fraction of sp³-hybridized carbons (Fsp3) is 0.647. The van der Waals surface area contributed by atoms with Crippen molar-refractivity contribution in [3.05, 3.63) is 29.8 Å². The van der Waals surface area contributed by atoms with Gasteiger partial charge in [0.15, 0.2) is 0 Å². The third-order valence-electron chi connectivity index (χ3n) is 4.54. The molecule has 0 saturated heterocycles. The highest BCUT2D eigenvalue weighted by Crippen LogP contribution is 2.41. The van der Waals surface area contributed by atoms with E-state index in [1.165, 1.54) is 30.5 Å². The van der Waals surface area contributed by atoms with Crippen LogP contribution >= 0.6 is 0 Å². The van der Waals surface area contributed by atoms with Gasteiger partial charge < -0.3 is 10.2 Å². The van der Waals surface area contributed by atoms with Crippen molar-refractivity contribution in [2.45, 2.75) is 39.0 Å². The Hall–Kier alpha value is -1.02. The first-order valence-corrected chi connectivity index (χ1v) is 7.52. The van der Waals surface area contributed by atoms with Crippen LogP contribution in [0.5, 0.6) is 0 Å². The molecule has 0 spiro atoms. The Morgan fingerprint density at radius 1 is 1.21 bits per heavy atom. The van der Waals surface area contributed by atoms with E-state index >= 15 is 0 Å². The van der Waals surface area contributed by atoms with Gasteiger partial charge in [0.1, 0.15) is 0 Å². The van der Waals surface area contributed by atoms with E-state index in [0.29, 0.717) is 11.3 Å². The quantitative estimate of drug-likeness (QED) is 0.840. The summed E-state index contributed by atoms with van der Waals surface area (Å²) < 4.78 is 0. The molecule has 0 heterocycles. The molecule has 0 aromatic heterocycles. The van der Waals surface area contributed by atoms with Crippen molar-refractivity contribution in [1.29, 1.82) is 0 Å². The molecule has 19 heavy (non-hydrogen) atoms. The van der Waals surface area contributed by atoms with E-state index in [2.05, 4.69) is 62.4 Å². The zero-order chi connectivity index (χ0) is 13.9. The molecule has 0 radical (unpaired) electrons. The van der Waals surface area contributed by atoms with Gasteiger partial charge in [-0.2, -0.15) is 0 Å². The smallest absolute Gasteiger partial charge is 0.0363 e. The molecular formula is C17H28N2. The molecule has 2 nitrogen and oxygen atoms in total. The van der Waals surface area contributed by atoms with Gasteiger partial charge in [-0.15, -0.1) is 0 Å². The Morgan fingerprint density at radius 2 is 1.84 bits per heavy atom. The van der Waals surface area contributed by atoms with Crippen LogP contribution in [0.1, 0.15) is 44.6 Å². The summed E-state index contributed by atoms with van der Waals surface area (Å²) >= 11 is 0. The minimum atomic E-state index is 0.500. The average Bonchev–Trinajstić information content (AvgIpc) is 2.36. The van der Waals surface area contributed by atoms with Crippen LogP contribution in [0.4, 0.5) is 5.69 Å². The lowest BCUT2D eigenvalue weighted by atomic mass is 9.68. The van der Waals surface area contributed by atoms with E-state index in [1.807, 2.05) is 0 Å². The lowest BCUT2D eigenvalue weighted by Crippen LogP contribution is -2.47. The first-order valence-electron chi connectivity index (χ1n) is 7.52. The number of hydrogen-bond donors (Lipinski definition) is 1. The topological polar surface area (TPSA) is 15.3 Å². The Bertz CT molecular complexity index is 390. The molecule has 1 aromatic carbocycles. The molecule has 1 aliphatic rings. The summed E-state index contributed by atoms with van der Waals surface area (Å²) in [7, 11) is 4.29. The minimum Gasteiger partial charge on any atom is -0.374 e. The lowest BCUT2D eigenvalue weighted by molar-refractivity contribution is 0.143. The highest BCUT2D eigenvalue weighted by atomic mass is 15.1. The van der Waals surface area contributed by atoms with Crippen LogP contribution in [-0.2, 0) is 0 Å². The molecule has 1 aliphatic carbocycles. The molecule has 2 rings (SSSR count). The molecule has 0 aliphatic heterocycles. The van der Waals surface area contributed by atoms with E-state index in [9.17, 15) is 0 Å². The van der Waals surface area contributed by atoms with Gasteiger partial charge in [0.2, 0.25) is 0 Å². The monoisotopic (exact) mass is 260 g/mol. The van der Waals surface area contributed by atoms with Crippen molar-refractivity contribution in [3.63, 3.8) is 0 Å². The molecule has 1 saturated carbocycles. The number of benzene rings is 1. The number of nitrogens with one attached hydrogen (secondary N) is 1. The maximum Gasteiger partial charge on any atom is 0.0363 e. The van der Waals surface area contributed by atoms with Crippen molar-refractivity contribution in [2.24, 2.45) is 5.41 Å². The molecule has 106 valence electrons. The standard InChI is InChI=1S/C17H28N2/c1-14(2)15-6-8-16(9-7-15)19(4)13-17(12-18-3)10-5-11-17/h6-9,14,18H,5,10-13H2,1-4H3. The predicted octanol–water partition coefficient (Wildman–Crippen LogP) is 3.64. The maximum absolute atomic E-state index is 3.36. The maximum atomic E-state index is 3.36. The Labute approximate surface area is 118 Å². The minimum absolute atomic E-state index is 0.500. The largest absolute Gasteiger partial charge is 0.374 e. The number of rotatable bonds is 6. The Kier molecular flexibility index (Phi) is 4.51. The van der Waals surface area contributed by atoms with E-state index in [4.69, 9.17) is 0 Å². The Morgan fingerprint density at radius 3 is 2.26 bits per heavy atom. The second kappa shape index (κ2) is 5.96. The molecule has 2 heteroatoms. The predicted molar refractivity (Wildman–Crippen MR) is 84.0 cm³/mol. The summed E-state index contributed by atoms with van der Waals surface area (Å²) in [6.07, 6.45) is 4.12. The third-order valence-corrected chi connectivity index (χ3v) is 4.54. The zero-order valence-electron chi connectivity index (χ0n) is 12.9. The molecule has 0 atom stereocenters. The highest BCUT2D eigenvalue weighted by Gasteiger charge is 2.37. The molecule has 1 aromatic rings. The van der Waals surface area contributed by atoms with Crippen LogP contribution in [0.25, 0.3) is 0 Å². The molecule has 0 unspecified atom stereocenters. The van der Waals surface area contributed by atoms with Crippen molar-refractivity contribution < 1.29 is 0 Å². The van der Waals surface area contributed by atoms with Gasteiger partial charge >= 0.3 is 0 Å². The van der Waals surface area contributed by atoms with Gasteiger partial charge in [0, 0.05) is 31.2 Å². The van der Waals surface area contributed by atoms with Crippen LogP contribution < -0.4 is 10.2 Å². The lowest BCUT2D eigenvalue weighted by Gasteiger charge is -2.45. The summed E-state index contributed by atoms with van der Waals surface area (Å²) in [4.78, 5) is 2.42. The van der Waals surface area contributed by atoms with Crippen LogP contribution in [0.2, 0.25) is 0 Å². The first-order chi connectivity index (χ1) is 9.06. The van der Waals surface area contributed by atoms with Crippen molar-refractivity contribution in [3.8, 4) is 0 Å². The van der Waals surface area contributed by atoms with E-state index in [0.717, 1.165) is 13.1 Å². The van der Waals surface area contributed by atoms with Gasteiger partial charge in [0.05, 0.1) is 0 Å². The first kappa shape index (κ1) is 14.4. The number of anilines is 1. The second-order valence-electron chi connectivity index (χ2n) is 6.49. The number of hydrogen-bond acceptors (Lipinski definition) is 2. The van der Waals surface area contributed by atoms with Crippen LogP contribution in [0.3, 0.4) is 0 Å². The molecular weight excluding hydrogens is 232 g/mol. The van der Waals surface area contributed by atoms with Gasteiger partial charge in [0.25, 0.3) is 0 Å². The van der Waals surface area contributed by atoms with Crippen LogP contribution in [0, 0.1) is 5.41 Å². The summed E-state index contributed by atoms with van der Waals surface area (Å²) in [5.41, 5.74) is 3.26. The summed E-state index contributed by atoms with van der Waals surface area (Å²) in [5.74, 6) is 0.613. The Balaban J connectivity index is 2.01.